The minimum Gasteiger partial charge on any atom is -0.286 e. The van der Waals surface area contributed by atoms with E-state index in [4.69, 9.17) is 0 Å². The van der Waals surface area contributed by atoms with Crippen LogP contribution in [0.4, 0.5) is 0 Å². The molecule has 0 aliphatic heterocycles. The van der Waals surface area contributed by atoms with Crippen LogP contribution < -0.4 is 5.69 Å². The van der Waals surface area contributed by atoms with E-state index in [9.17, 15) is 4.79 Å². The maximum absolute atomic E-state index is 12.2. The van der Waals surface area contributed by atoms with Gasteiger partial charge < -0.3 is 0 Å². The van der Waals surface area contributed by atoms with Gasteiger partial charge in [-0.1, -0.05) is 12.2 Å². The zero-order chi connectivity index (χ0) is 12.4. The van der Waals surface area contributed by atoms with Gasteiger partial charge in [-0.25, -0.2) is 9.78 Å². The predicted molar refractivity (Wildman–Crippen MR) is 72.1 cm³/mol. The molecule has 2 aromatic heterocycles. The molecule has 17 heavy (non-hydrogen) atoms. The van der Waals surface area contributed by atoms with Gasteiger partial charge in [0.2, 0.25) is 0 Å². The molecule has 2 heterocycles. The third-order valence-electron chi connectivity index (χ3n) is 2.45. The summed E-state index contributed by atoms with van der Waals surface area (Å²) in [5.41, 5.74) is 1.37. The zero-order valence-corrected chi connectivity index (χ0v) is 10.9. The Balaban J connectivity index is 2.82. The van der Waals surface area contributed by atoms with E-state index in [1.807, 2.05) is 6.07 Å². The van der Waals surface area contributed by atoms with Gasteiger partial charge in [0.15, 0.2) is 5.65 Å². The maximum Gasteiger partial charge on any atom is 0.330 e. The number of hydrogen-bond donors (Lipinski definition) is 0. The van der Waals surface area contributed by atoms with E-state index in [-0.39, 0.29) is 5.69 Å². The molecule has 0 fully saturated rings. The van der Waals surface area contributed by atoms with Gasteiger partial charge in [0.25, 0.3) is 0 Å². The van der Waals surface area contributed by atoms with Crippen molar-refractivity contribution in [3.63, 3.8) is 0 Å². The molecule has 0 radical (unpaired) electrons. The highest BCUT2D eigenvalue weighted by atomic mass is 79.9. The van der Waals surface area contributed by atoms with Gasteiger partial charge in [-0.15, -0.1) is 13.2 Å². The molecule has 88 valence electrons. The van der Waals surface area contributed by atoms with E-state index >= 15 is 0 Å². The van der Waals surface area contributed by atoms with Crippen molar-refractivity contribution in [1.82, 2.24) is 14.1 Å². The number of hydrogen-bond acceptors (Lipinski definition) is 2. The number of allylic oxidation sites excluding steroid dienone is 2. The lowest BCUT2D eigenvalue weighted by atomic mass is 10.4. The van der Waals surface area contributed by atoms with Crippen LogP contribution in [0.1, 0.15) is 0 Å². The second-order valence-electron chi connectivity index (χ2n) is 3.58. The van der Waals surface area contributed by atoms with Crippen LogP contribution in [0.15, 0.2) is 46.8 Å². The van der Waals surface area contributed by atoms with Gasteiger partial charge in [-0.05, 0) is 22.0 Å². The Morgan fingerprint density at radius 1 is 1.29 bits per heavy atom. The van der Waals surface area contributed by atoms with Gasteiger partial charge in [0, 0.05) is 23.8 Å². The molecule has 0 aliphatic rings. The van der Waals surface area contributed by atoms with E-state index in [2.05, 4.69) is 34.1 Å². The Morgan fingerprint density at radius 2 is 1.94 bits per heavy atom. The average Bonchev–Trinajstić information content (AvgIpc) is 2.55. The fourth-order valence-corrected chi connectivity index (χ4v) is 2.09. The number of imidazole rings is 1. The summed E-state index contributed by atoms with van der Waals surface area (Å²) in [7, 11) is 0. The summed E-state index contributed by atoms with van der Waals surface area (Å²) < 4.78 is 4.08. The van der Waals surface area contributed by atoms with Crippen LogP contribution in [0.25, 0.3) is 11.2 Å². The average molecular weight is 294 g/mol. The van der Waals surface area contributed by atoms with Crippen molar-refractivity contribution in [2.45, 2.75) is 13.1 Å². The summed E-state index contributed by atoms with van der Waals surface area (Å²) in [4.78, 5) is 16.4. The molecule has 0 saturated carbocycles. The van der Waals surface area contributed by atoms with E-state index < -0.39 is 0 Å². The molecular weight excluding hydrogens is 282 g/mol. The lowest BCUT2D eigenvalue weighted by molar-refractivity contribution is 0.716. The Morgan fingerprint density at radius 3 is 2.59 bits per heavy atom. The van der Waals surface area contributed by atoms with Crippen LogP contribution in [0.3, 0.4) is 0 Å². The summed E-state index contributed by atoms with van der Waals surface area (Å²) in [5.74, 6) is 0. The minimum atomic E-state index is -0.0922. The van der Waals surface area contributed by atoms with Crippen LogP contribution in [0, 0.1) is 0 Å². The van der Waals surface area contributed by atoms with Crippen molar-refractivity contribution in [2.24, 2.45) is 0 Å². The maximum atomic E-state index is 12.2. The van der Waals surface area contributed by atoms with Crippen molar-refractivity contribution in [3.8, 4) is 0 Å². The summed E-state index contributed by atoms with van der Waals surface area (Å²) in [5, 5.41) is 0. The standard InChI is InChI=1S/C12H12BrN3O/c1-3-5-15-10-7-9(13)8-14-11(10)16(6-4-2)12(15)17/h3-4,7-8H,1-2,5-6H2. The van der Waals surface area contributed by atoms with Crippen LogP contribution in [0.5, 0.6) is 0 Å². The second-order valence-corrected chi connectivity index (χ2v) is 4.49. The zero-order valence-electron chi connectivity index (χ0n) is 9.27. The molecule has 0 amide bonds. The Hall–Kier alpha value is -1.62. The number of rotatable bonds is 4. The van der Waals surface area contributed by atoms with Crippen molar-refractivity contribution >= 4 is 27.1 Å². The van der Waals surface area contributed by atoms with Crippen LogP contribution in [-0.2, 0) is 13.1 Å². The molecule has 0 aromatic carbocycles. The predicted octanol–water partition coefficient (Wildman–Crippen LogP) is 2.33. The highest BCUT2D eigenvalue weighted by Crippen LogP contribution is 2.16. The normalized spacial score (nSPS) is 10.6. The van der Waals surface area contributed by atoms with Gasteiger partial charge >= 0.3 is 5.69 Å². The SMILES string of the molecule is C=CCn1c(=O)n(CC=C)c2ncc(Br)cc21. The third-order valence-corrected chi connectivity index (χ3v) is 2.88. The number of fused-ring (bicyclic) bond motifs is 1. The number of halogens is 1. The molecule has 0 saturated heterocycles. The highest BCUT2D eigenvalue weighted by Gasteiger charge is 2.12. The topological polar surface area (TPSA) is 39.8 Å². The Bertz CT molecular complexity index is 639. The minimum absolute atomic E-state index is 0.0922. The van der Waals surface area contributed by atoms with E-state index in [0.29, 0.717) is 18.7 Å². The molecule has 2 rings (SSSR count). The lowest BCUT2D eigenvalue weighted by Crippen LogP contribution is -2.23. The summed E-state index contributed by atoms with van der Waals surface area (Å²) in [6.45, 7) is 8.23. The number of pyridine rings is 1. The van der Waals surface area contributed by atoms with Crippen molar-refractivity contribution in [2.75, 3.05) is 0 Å². The van der Waals surface area contributed by atoms with E-state index in [1.54, 1.807) is 27.5 Å². The summed E-state index contributed by atoms with van der Waals surface area (Å²) in [6, 6.07) is 1.88. The lowest BCUT2D eigenvalue weighted by Gasteiger charge is -1.97. The van der Waals surface area contributed by atoms with Gasteiger partial charge in [0.1, 0.15) is 0 Å². The molecular formula is C12H12BrN3O. The van der Waals surface area contributed by atoms with E-state index in [0.717, 1.165) is 9.99 Å². The molecule has 0 atom stereocenters. The van der Waals surface area contributed by atoms with Crippen molar-refractivity contribution < 1.29 is 0 Å². The summed E-state index contributed by atoms with van der Waals surface area (Å²) in [6.07, 6.45) is 5.06. The first-order valence-corrected chi connectivity index (χ1v) is 5.94. The Labute approximate surface area is 107 Å². The monoisotopic (exact) mass is 293 g/mol. The largest absolute Gasteiger partial charge is 0.330 e. The molecule has 0 aliphatic carbocycles. The first-order chi connectivity index (χ1) is 8.19. The molecule has 0 N–H and O–H groups in total. The van der Waals surface area contributed by atoms with Gasteiger partial charge in [-0.2, -0.15) is 0 Å². The van der Waals surface area contributed by atoms with Crippen LogP contribution >= 0.6 is 15.9 Å². The van der Waals surface area contributed by atoms with Crippen LogP contribution in [-0.4, -0.2) is 14.1 Å². The molecule has 0 spiro atoms. The number of aromatic nitrogens is 3. The molecule has 0 unspecified atom stereocenters. The third kappa shape index (κ3) is 1.98. The quantitative estimate of drug-likeness (QED) is 0.812. The van der Waals surface area contributed by atoms with Gasteiger partial charge in [0.05, 0.1) is 5.52 Å². The number of nitrogens with zero attached hydrogens (tertiary/aromatic N) is 3. The first kappa shape index (κ1) is 11.9. The fraction of sp³-hybridized carbons (Fsp3) is 0.167. The smallest absolute Gasteiger partial charge is 0.286 e. The fourth-order valence-electron chi connectivity index (χ4n) is 1.77. The molecule has 2 aromatic rings. The van der Waals surface area contributed by atoms with Crippen molar-refractivity contribution in [3.05, 3.63) is 52.5 Å². The molecule has 4 nitrogen and oxygen atoms in total. The van der Waals surface area contributed by atoms with E-state index in [1.165, 1.54) is 0 Å². The summed E-state index contributed by atoms with van der Waals surface area (Å²) >= 11 is 3.36. The highest BCUT2D eigenvalue weighted by molar-refractivity contribution is 9.10. The second kappa shape index (κ2) is 4.71. The molecule has 5 heteroatoms. The first-order valence-electron chi connectivity index (χ1n) is 5.15. The van der Waals surface area contributed by atoms with Crippen molar-refractivity contribution in [1.29, 1.82) is 0 Å². The molecule has 0 bridgehead atoms. The Kier molecular flexibility index (Phi) is 3.28. The van der Waals surface area contributed by atoms with Crippen LogP contribution in [0.2, 0.25) is 0 Å². The van der Waals surface area contributed by atoms with Gasteiger partial charge in [-0.3, -0.25) is 9.13 Å².